The number of rotatable bonds is 6. The van der Waals surface area contributed by atoms with Gasteiger partial charge in [0, 0.05) is 41.2 Å². The van der Waals surface area contributed by atoms with E-state index in [-0.39, 0.29) is 23.9 Å². The minimum atomic E-state index is -3.66. The molecule has 0 aliphatic carbocycles. The van der Waals surface area contributed by atoms with Crippen molar-refractivity contribution in [2.45, 2.75) is 36.6 Å². The van der Waals surface area contributed by atoms with Crippen LogP contribution in [0.4, 0.5) is 11.6 Å². The lowest BCUT2D eigenvalue weighted by molar-refractivity contribution is -0.0271. The van der Waals surface area contributed by atoms with Gasteiger partial charge in [0.15, 0.2) is 0 Å². The fourth-order valence-electron chi connectivity index (χ4n) is 3.22. The van der Waals surface area contributed by atoms with E-state index in [0.29, 0.717) is 11.3 Å². The number of anilines is 2. The zero-order valence-corrected chi connectivity index (χ0v) is 19.7. The highest BCUT2D eigenvalue weighted by Gasteiger charge is 2.35. The SMILES string of the molecule is Cc1cn([C@H]2C[C@H](N=[N+]=[N-])[C@@H](CO)O2)c(=O)[nH]c1=O.Nc1ccc(S(=O)(=O)Nc2ncccn2)cc1. The number of aromatic amines is 1. The first kappa shape index (κ1) is 26.4. The van der Waals surface area contributed by atoms with Crippen molar-refractivity contribution in [2.24, 2.45) is 5.11 Å². The second kappa shape index (κ2) is 11.5. The maximum Gasteiger partial charge on any atom is 0.330 e. The van der Waals surface area contributed by atoms with Gasteiger partial charge >= 0.3 is 5.69 Å². The van der Waals surface area contributed by atoms with Crippen molar-refractivity contribution in [3.63, 3.8) is 0 Å². The Kier molecular flexibility index (Phi) is 8.39. The zero-order chi connectivity index (χ0) is 26.3. The summed E-state index contributed by atoms with van der Waals surface area (Å²) in [6, 6.07) is 6.92. The molecule has 0 amide bonds. The molecule has 15 nitrogen and oxygen atoms in total. The van der Waals surface area contributed by atoms with Gasteiger partial charge in [-0.25, -0.2) is 27.9 Å². The molecule has 0 unspecified atom stereocenters. The summed E-state index contributed by atoms with van der Waals surface area (Å²) in [5.74, 6) is 0.0318. The zero-order valence-electron chi connectivity index (χ0n) is 18.9. The number of aryl methyl sites for hydroxylation is 1. The van der Waals surface area contributed by atoms with Gasteiger partial charge in [0.1, 0.15) is 6.23 Å². The van der Waals surface area contributed by atoms with E-state index in [1.54, 1.807) is 13.0 Å². The molecule has 5 N–H and O–H groups in total. The van der Waals surface area contributed by atoms with E-state index in [1.165, 1.54) is 47.4 Å². The maximum absolute atomic E-state index is 11.9. The van der Waals surface area contributed by atoms with Crippen LogP contribution in [0.15, 0.2) is 68.5 Å². The largest absolute Gasteiger partial charge is 0.399 e. The molecule has 1 fully saturated rings. The number of hydrogen-bond acceptors (Lipinski definition) is 10. The lowest BCUT2D eigenvalue weighted by Crippen LogP contribution is -2.33. The third-order valence-electron chi connectivity index (χ3n) is 5.02. The molecule has 1 aromatic carbocycles. The molecule has 36 heavy (non-hydrogen) atoms. The molecule has 0 spiro atoms. The van der Waals surface area contributed by atoms with Gasteiger partial charge in [-0.2, -0.15) is 0 Å². The number of benzene rings is 1. The van der Waals surface area contributed by atoms with Crippen LogP contribution in [-0.2, 0) is 14.8 Å². The Morgan fingerprint density at radius 2 is 1.97 bits per heavy atom. The monoisotopic (exact) mass is 517 g/mol. The molecule has 1 aliphatic rings. The number of aromatic nitrogens is 4. The Bertz CT molecular complexity index is 1450. The van der Waals surface area contributed by atoms with Crippen LogP contribution < -0.4 is 21.7 Å². The molecule has 0 radical (unpaired) electrons. The van der Waals surface area contributed by atoms with Crippen LogP contribution in [0.25, 0.3) is 10.4 Å². The summed E-state index contributed by atoms with van der Waals surface area (Å²) < 4.78 is 32.7. The summed E-state index contributed by atoms with van der Waals surface area (Å²) in [5, 5.41) is 12.7. The molecule has 0 bridgehead atoms. The Balaban J connectivity index is 0.000000202. The third kappa shape index (κ3) is 6.45. The molecule has 190 valence electrons. The number of hydrogen-bond donors (Lipinski definition) is 4. The smallest absolute Gasteiger partial charge is 0.330 e. The van der Waals surface area contributed by atoms with Crippen molar-refractivity contribution in [1.82, 2.24) is 19.5 Å². The van der Waals surface area contributed by atoms with Crippen LogP contribution in [0, 0.1) is 6.92 Å². The minimum Gasteiger partial charge on any atom is -0.399 e. The third-order valence-corrected chi connectivity index (χ3v) is 6.37. The highest BCUT2D eigenvalue weighted by molar-refractivity contribution is 7.92. The second-order valence-electron chi connectivity index (χ2n) is 7.55. The number of nitrogens with zero attached hydrogens (tertiary/aromatic N) is 6. The Labute approximate surface area is 204 Å². The number of ether oxygens (including phenoxy) is 1. The average Bonchev–Trinajstić information content (AvgIpc) is 3.25. The van der Waals surface area contributed by atoms with Crippen LogP contribution >= 0.6 is 0 Å². The summed E-state index contributed by atoms with van der Waals surface area (Å²) in [7, 11) is -3.66. The molecular formula is C20H23N9O6S. The summed E-state index contributed by atoms with van der Waals surface area (Å²) in [5.41, 5.74) is 13.7. The number of aliphatic hydroxyl groups excluding tert-OH is 1. The number of azide groups is 1. The van der Waals surface area contributed by atoms with Gasteiger partial charge in [-0.3, -0.25) is 14.3 Å². The van der Waals surface area contributed by atoms with E-state index in [4.69, 9.17) is 21.1 Å². The number of aliphatic hydroxyl groups is 1. The van der Waals surface area contributed by atoms with Gasteiger partial charge in [-0.1, -0.05) is 5.11 Å². The van der Waals surface area contributed by atoms with Gasteiger partial charge in [0.2, 0.25) is 5.95 Å². The van der Waals surface area contributed by atoms with Gasteiger partial charge in [0.25, 0.3) is 15.6 Å². The Hall–Kier alpha value is -4.24. The van der Waals surface area contributed by atoms with Crippen molar-refractivity contribution in [3.8, 4) is 0 Å². The fourth-order valence-corrected chi connectivity index (χ4v) is 4.17. The average molecular weight is 518 g/mol. The highest BCUT2D eigenvalue weighted by Crippen LogP contribution is 2.29. The predicted octanol–water partition coefficient (Wildman–Crippen LogP) is 0.663. The van der Waals surface area contributed by atoms with E-state index in [2.05, 4.69) is 29.7 Å². The lowest BCUT2D eigenvalue weighted by atomic mass is 10.1. The van der Waals surface area contributed by atoms with Crippen LogP contribution in [0.5, 0.6) is 0 Å². The summed E-state index contributed by atoms with van der Waals surface area (Å²) in [4.78, 5) is 35.5. The van der Waals surface area contributed by atoms with Crippen molar-refractivity contribution in [3.05, 3.63) is 85.8 Å². The standard InChI is InChI=1S/C10H13N5O4.C10H10N4O2S/c1-5-3-15(10(18)12-9(5)17)8-2-6(13-14-11)7(4-16)19-8;11-8-2-4-9(5-3-8)17(15,16)14-10-12-6-1-7-13-10/h3,6-8,16H,2,4H2,1H3,(H,12,17,18);1-7H,11H2,(H,12,13,14)/t6-,7+,8+;/m0./s1. The molecule has 3 aromatic rings. The van der Waals surface area contributed by atoms with E-state index >= 15 is 0 Å². The first-order valence-corrected chi connectivity index (χ1v) is 11.9. The van der Waals surface area contributed by atoms with Gasteiger partial charge in [-0.05, 0) is 42.8 Å². The number of nitrogen functional groups attached to an aromatic ring is 1. The number of nitrogens with one attached hydrogen (secondary N) is 2. The minimum absolute atomic E-state index is 0.0318. The summed E-state index contributed by atoms with van der Waals surface area (Å²) >= 11 is 0. The lowest BCUT2D eigenvalue weighted by Gasteiger charge is -2.14. The van der Waals surface area contributed by atoms with Crippen molar-refractivity contribution in [2.75, 3.05) is 17.1 Å². The fraction of sp³-hybridized carbons (Fsp3) is 0.300. The number of sulfonamides is 1. The number of nitrogens with two attached hydrogens (primary N) is 1. The van der Waals surface area contributed by atoms with Crippen molar-refractivity contribution < 1.29 is 18.3 Å². The van der Waals surface area contributed by atoms with Gasteiger partial charge in [0.05, 0.1) is 23.6 Å². The highest BCUT2D eigenvalue weighted by atomic mass is 32.2. The topological polar surface area (TPSA) is 231 Å². The quantitative estimate of drug-likeness (QED) is 0.155. The molecule has 1 saturated heterocycles. The van der Waals surface area contributed by atoms with Gasteiger partial charge in [-0.15, -0.1) is 0 Å². The molecule has 4 rings (SSSR count). The van der Waals surface area contributed by atoms with Crippen LogP contribution in [-0.4, -0.2) is 51.8 Å². The molecule has 1 aliphatic heterocycles. The van der Waals surface area contributed by atoms with E-state index in [9.17, 15) is 18.0 Å². The van der Waals surface area contributed by atoms with Crippen molar-refractivity contribution in [1.29, 1.82) is 0 Å². The molecule has 2 aromatic heterocycles. The van der Waals surface area contributed by atoms with Crippen molar-refractivity contribution >= 4 is 21.7 Å². The van der Waals surface area contributed by atoms with Crippen LogP contribution in [0.2, 0.25) is 0 Å². The Morgan fingerprint density at radius 1 is 1.31 bits per heavy atom. The van der Waals surface area contributed by atoms with Crippen LogP contribution in [0.1, 0.15) is 18.2 Å². The Morgan fingerprint density at radius 3 is 2.58 bits per heavy atom. The summed E-state index contributed by atoms with van der Waals surface area (Å²) in [6.07, 6.45) is 3.23. The molecule has 16 heteroatoms. The maximum atomic E-state index is 11.9. The first-order valence-electron chi connectivity index (χ1n) is 10.4. The van der Waals surface area contributed by atoms with Gasteiger partial charge < -0.3 is 15.6 Å². The first-order chi connectivity index (χ1) is 17.1. The second-order valence-corrected chi connectivity index (χ2v) is 9.23. The van der Waals surface area contributed by atoms with E-state index < -0.39 is 39.6 Å². The summed E-state index contributed by atoms with van der Waals surface area (Å²) in [6.45, 7) is 1.26. The van der Waals surface area contributed by atoms with E-state index in [0.717, 1.165) is 0 Å². The molecule has 3 atom stereocenters. The molecule has 0 saturated carbocycles. The number of H-pyrrole nitrogens is 1. The normalized spacial score (nSPS) is 19.0. The molecular weight excluding hydrogens is 494 g/mol. The van der Waals surface area contributed by atoms with E-state index in [1.807, 2.05) is 0 Å². The predicted molar refractivity (Wildman–Crippen MR) is 128 cm³/mol. The molecule has 3 heterocycles. The van der Waals surface area contributed by atoms with Crippen LogP contribution in [0.3, 0.4) is 0 Å².